The van der Waals surface area contributed by atoms with Crippen LogP contribution in [0.25, 0.3) is 11.1 Å². The smallest absolute Gasteiger partial charge is 0.342 e. The Kier molecular flexibility index (Phi) is 6.70. The maximum absolute atomic E-state index is 12.2. The molecule has 5 N–H and O–H groups in total. The number of aromatic amines is 1. The minimum atomic E-state index is -1.59. The lowest BCUT2D eigenvalue weighted by Crippen LogP contribution is -2.24. The van der Waals surface area contributed by atoms with Gasteiger partial charge in [-0.2, -0.15) is 0 Å². The maximum Gasteiger partial charge on any atom is 0.342 e. The van der Waals surface area contributed by atoms with Gasteiger partial charge in [0, 0.05) is 10.6 Å². The molecule has 0 saturated heterocycles. The van der Waals surface area contributed by atoms with E-state index in [9.17, 15) is 24.6 Å². The zero-order chi connectivity index (χ0) is 23.4. The van der Waals surface area contributed by atoms with Crippen molar-refractivity contribution in [3.05, 3.63) is 74.5 Å². The molecular weight excluding hydrogens is 440 g/mol. The summed E-state index contributed by atoms with van der Waals surface area (Å²) in [6, 6.07) is 11.4. The number of carboxylic acid groups (broad SMARTS) is 2. The van der Waals surface area contributed by atoms with Gasteiger partial charge in [-0.25, -0.2) is 9.59 Å². The Morgan fingerprint density at radius 3 is 2.38 bits per heavy atom. The van der Waals surface area contributed by atoms with Crippen molar-refractivity contribution < 1.29 is 29.3 Å². The lowest BCUT2D eigenvalue weighted by atomic mass is 9.95. The van der Waals surface area contributed by atoms with Gasteiger partial charge < -0.3 is 30.4 Å². The maximum atomic E-state index is 12.2. The van der Waals surface area contributed by atoms with Gasteiger partial charge in [-0.05, 0) is 42.3 Å². The van der Waals surface area contributed by atoms with Gasteiger partial charge in [0.25, 0.3) is 5.56 Å². The van der Waals surface area contributed by atoms with Crippen molar-refractivity contribution >= 4 is 29.4 Å². The predicted molar refractivity (Wildman–Crippen MR) is 118 cm³/mol. The average Bonchev–Trinajstić information content (AvgIpc) is 2.72. The first-order valence-corrected chi connectivity index (χ1v) is 9.77. The number of H-pyrrole nitrogens is 1. The molecular formula is C22H19ClN2O7. The molecule has 0 aliphatic carbocycles. The van der Waals surface area contributed by atoms with E-state index in [2.05, 4.69) is 4.98 Å². The van der Waals surface area contributed by atoms with Crippen molar-refractivity contribution in [3.63, 3.8) is 0 Å². The summed E-state index contributed by atoms with van der Waals surface area (Å²) in [6.07, 6.45) is 0. The molecule has 1 heterocycles. The van der Waals surface area contributed by atoms with Crippen molar-refractivity contribution in [3.8, 4) is 22.6 Å². The lowest BCUT2D eigenvalue weighted by Gasteiger charge is -2.16. The predicted octanol–water partition coefficient (Wildman–Crippen LogP) is 3.65. The number of rotatable bonds is 8. The van der Waals surface area contributed by atoms with Gasteiger partial charge in [-0.15, -0.1) is 0 Å². The van der Waals surface area contributed by atoms with Crippen LogP contribution in [-0.2, 0) is 6.61 Å². The van der Waals surface area contributed by atoms with Crippen LogP contribution in [0.15, 0.2) is 47.3 Å². The van der Waals surface area contributed by atoms with Crippen molar-refractivity contribution in [1.82, 2.24) is 4.98 Å². The van der Waals surface area contributed by atoms with E-state index in [1.54, 1.807) is 25.1 Å². The summed E-state index contributed by atoms with van der Waals surface area (Å²) in [6.45, 7) is 2.18. The van der Waals surface area contributed by atoms with E-state index in [-0.39, 0.29) is 30.1 Å². The van der Waals surface area contributed by atoms with Crippen LogP contribution in [0.4, 0.5) is 5.82 Å². The van der Waals surface area contributed by atoms with Gasteiger partial charge in [-0.1, -0.05) is 29.8 Å². The second-order valence-electron chi connectivity index (χ2n) is 6.62. The van der Waals surface area contributed by atoms with E-state index in [1.807, 2.05) is 6.07 Å². The van der Waals surface area contributed by atoms with Crippen LogP contribution in [0.1, 0.15) is 33.2 Å². The van der Waals surface area contributed by atoms with E-state index < -0.39 is 34.4 Å². The van der Waals surface area contributed by atoms with Crippen LogP contribution in [0.5, 0.6) is 11.5 Å². The summed E-state index contributed by atoms with van der Waals surface area (Å²) in [5, 5.41) is 19.7. The number of ether oxygens (including phenoxy) is 2. The number of hydrogen-bond donors (Lipinski definition) is 4. The summed E-state index contributed by atoms with van der Waals surface area (Å²) in [4.78, 5) is 37.9. The van der Waals surface area contributed by atoms with Crippen molar-refractivity contribution in [2.75, 3.05) is 12.3 Å². The fraction of sp³-hybridized carbons (Fsp3) is 0.136. The number of halogens is 1. The number of benzene rings is 2. The molecule has 1 aromatic heterocycles. The minimum Gasteiger partial charge on any atom is -0.490 e. The molecule has 3 rings (SSSR count). The van der Waals surface area contributed by atoms with Gasteiger partial charge in [0.05, 0.1) is 6.61 Å². The average molecular weight is 459 g/mol. The van der Waals surface area contributed by atoms with Crippen LogP contribution in [0.2, 0.25) is 5.02 Å². The molecule has 0 aliphatic rings. The Hall–Kier alpha value is -3.98. The molecule has 0 atom stereocenters. The fourth-order valence-corrected chi connectivity index (χ4v) is 3.39. The standard InChI is InChI=1S/C22H19ClN2O7/c1-2-31-15-9-12(6-7-14(15)32-10-11-4-3-5-13(23)8-11)16-17(21(27)28)19(24)25-20(26)18(16)22(29)30/h3-9H,2,10H2,1H3,(H,27,28)(H,29,30)(H3,24,25,26). The van der Waals surface area contributed by atoms with E-state index in [1.165, 1.54) is 18.2 Å². The monoisotopic (exact) mass is 458 g/mol. The number of pyridine rings is 1. The Labute approximate surface area is 187 Å². The summed E-state index contributed by atoms with van der Waals surface area (Å²) >= 11 is 5.99. The molecule has 0 fully saturated rings. The normalized spacial score (nSPS) is 10.6. The highest BCUT2D eigenvalue weighted by atomic mass is 35.5. The van der Waals surface area contributed by atoms with Gasteiger partial charge in [0.1, 0.15) is 23.6 Å². The third-order valence-electron chi connectivity index (χ3n) is 4.49. The third kappa shape index (κ3) is 4.68. The Morgan fingerprint density at radius 2 is 1.75 bits per heavy atom. The molecule has 2 aromatic carbocycles. The van der Waals surface area contributed by atoms with Crippen LogP contribution in [0, 0.1) is 0 Å². The summed E-state index contributed by atoms with van der Waals surface area (Å²) in [5.41, 5.74) is 4.00. The summed E-state index contributed by atoms with van der Waals surface area (Å²) < 4.78 is 11.4. The molecule has 32 heavy (non-hydrogen) atoms. The first-order valence-electron chi connectivity index (χ1n) is 9.39. The molecule has 3 aromatic rings. The highest BCUT2D eigenvalue weighted by Gasteiger charge is 2.27. The van der Waals surface area contributed by atoms with Gasteiger partial charge in [0.15, 0.2) is 11.5 Å². The van der Waals surface area contributed by atoms with Gasteiger partial charge in [-0.3, -0.25) is 4.79 Å². The van der Waals surface area contributed by atoms with Crippen molar-refractivity contribution in [2.24, 2.45) is 0 Å². The largest absolute Gasteiger partial charge is 0.490 e. The number of carbonyl (C=O) groups is 2. The molecule has 0 aliphatic heterocycles. The fourth-order valence-electron chi connectivity index (χ4n) is 3.17. The second kappa shape index (κ2) is 9.44. The molecule has 0 amide bonds. The molecule has 166 valence electrons. The molecule has 0 unspecified atom stereocenters. The molecule has 9 nitrogen and oxygen atoms in total. The van der Waals surface area contributed by atoms with Crippen LogP contribution in [0.3, 0.4) is 0 Å². The van der Waals surface area contributed by atoms with Gasteiger partial charge in [0.2, 0.25) is 0 Å². The number of aromatic carboxylic acids is 2. The highest BCUT2D eigenvalue weighted by Crippen LogP contribution is 2.36. The Balaban J connectivity index is 2.12. The molecule has 0 saturated carbocycles. The van der Waals surface area contributed by atoms with Crippen molar-refractivity contribution in [2.45, 2.75) is 13.5 Å². The number of anilines is 1. The summed E-state index contributed by atoms with van der Waals surface area (Å²) in [5.74, 6) is -2.97. The number of carboxylic acids is 2. The molecule has 0 radical (unpaired) electrons. The first-order chi connectivity index (χ1) is 15.2. The number of aromatic nitrogens is 1. The van der Waals surface area contributed by atoms with E-state index >= 15 is 0 Å². The van der Waals surface area contributed by atoms with Crippen LogP contribution in [-0.4, -0.2) is 33.7 Å². The van der Waals surface area contributed by atoms with Crippen molar-refractivity contribution in [1.29, 1.82) is 0 Å². The van der Waals surface area contributed by atoms with E-state index in [4.69, 9.17) is 26.8 Å². The van der Waals surface area contributed by atoms with E-state index in [0.717, 1.165) is 5.56 Å². The first kappa shape index (κ1) is 22.7. The second-order valence-corrected chi connectivity index (χ2v) is 7.05. The number of nitrogens with one attached hydrogen (secondary N) is 1. The Morgan fingerprint density at radius 1 is 1.03 bits per heavy atom. The third-order valence-corrected chi connectivity index (χ3v) is 4.72. The van der Waals surface area contributed by atoms with Crippen LogP contribution >= 0.6 is 11.6 Å². The Bertz CT molecular complexity index is 1250. The highest BCUT2D eigenvalue weighted by molar-refractivity contribution is 6.30. The van der Waals surface area contributed by atoms with Crippen LogP contribution < -0.4 is 20.8 Å². The molecule has 0 spiro atoms. The molecule has 0 bridgehead atoms. The minimum absolute atomic E-state index is 0.121. The quantitative estimate of drug-likeness (QED) is 0.399. The number of hydrogen-bond acceptors (Lipinski definition) is 6. The zero-order valence-corrected chi connectivity index (χ0v) is 17.6. The number of nitrogens with two attached hydrogens (primary N) is 1. The topological polar surface area (TPSA) is 152 Å². The zero-order valence-electron chi connectivity index (χ0n) is 16.8. The van der Waals surface area contributed by atoms with E-state index in [0.29, 0.717) is 10.8 Å². The lowest BCUT2D eigenvalue weighted by molar-refractivity contribution is 0.0695. The SMILES string of the molecule is CCOc1cc(-c2c(C(=O)O)c(N)[nH]c(=O)c2C(=O)O)ccc1OCc1cccc(Cl)c1. The molecule has 10 heteroatoms. The summed E-state index contributed by atoms with van der Waals surface area (Å²) in [7, 11) is 0. The number of nitrogen functional groups attached to an aromatic ring is 1. The van der Waals surface area contributed by atoms with Gasteiger partial charge >= 0.3 is 11.9 Å².